The fraction of sp³-hybridized carbons (Fsp3) is 0.111. The highest BCUT2D eigenvalue weighted by Gasteiger charge is 2.08. The van der Waals surface area contributed by atoms with Crippen LogP contribution in [0.2, 0.25) is 0 Å². The van der Waals surface area contributed by atoms with Gasteiger partial charge in [-0.2, -0.15) is 19.9 Å². The highest BCUT2D eigenvalue weighted by atomic mass is 16.5. The van der Waals surface area contributed by atoms with Gasteiger partial charge in [0, 0.05) is 70.7 Å². The van der Waals surface area contributed by atoms with Gasteiger partial charge < -0.3 is 42.0 Å². The molecule has 7 N–H and O–H groups in total. The standard InChI is InChI=1S/3C18H18N4.C18H17N3O/c2*1-13-6-8-15(9-7-13)20-17-10-11-19-18(22-17)21-16-5-3-4-14(2)12-16;1-13-7-9-15(10-8-13)20-17-11-12-19-18(22-17)21-16-6-4-3-5-14(16)2;1-13-7-9-15(10-8-13)22-17-11-12-19-18(21-17)20-16-6-4-3-5-14(16)2/h3*3-12H,1-2H3,(H2,19,20,21,22);3-12H,1-2H3,(H,19,20,21). The molecular formula is C72H71N15O. The minimum atomic E-state index is 0.509. The van der Waals surface area contributed by atoms with E-state index in [1.165, 1.54) is 33.4 Å². The molecule has 0 saturated carbocycles. The molecule has 0 saturated heterocycles. The Kier molecular flexibility index (Phi) is 21.4. The van der Waals surface area contributed by atoms with Crippen LogP contribution in [-0.4, -0.2) is 39.9 Å². The first-order chi connectivity index (χ1) is 42.8. The number of benzene rings is 8. The summed E-state index contributed by atoms with van der Waals surface area (Å²) in [6.07, 6.45) is 6.89. The molecule has 0 aliphatic rings. The molecule has 0 bridgehead atoms. The molecule has 88 heavy (non-hydrogen) atoms. The smallest absolute Gasteiger partial charge is 0.230 e. The summed E-state index contributed by atoms with van der Waals surface area (Å²) in [5.74, 6) is 5.77. The molecule has 0 radical (unpaired) electrons. The first-order valence-corrected chi connectivity index (χ1v) is 28.7. The summed E-state index contributed by atoms with van der Waals surface area (Å²) in [6, 6.07) is 72.0. The Hall–Kier alpha value is -11.5. The van der Waals surface area contributed by atoms with Gasteiger partial charge in [0.1, 0.15) is 23.2 Å². The second-order valence-electron chi connectivity index (χ2n) is 20.8. The third-order valence-electron chi connectivity index (χ3n) is 13.1. The maximum atomic E-state index is 5.75. The van der Waals surface area contributed by atoms with Gasteiger partial charge in [-0.1, -0.05) is 131 Å². The van der Waals surface area contributed by atoms with Gasteiger partial charge in [-0.05, 0) is 181 Å². The molecule has 12 rings (SSSR count). The molecule has 16 nitrogen and oxygen atoms in total. The van der Waals surface area contributed by atoms with Crippen molar-refractivity contribution in [1.82, 2.24) is 39.9 Å². The van der Waals surface area contributed by atoms with E-state index in [-0.39, 0.29) is 0 Å². The summed E-state index contributed by atoms with van der Waals surface area (Å²) < 4.78 is 5.75. The van der Waals surface area contributed by atoms with Gasteiger partial charge in [-0.25, -0.2) is 19.9 Å². The largest absolute Gasteiger partial charge is 0.439 e. The van der Waals surface area contributed by atoms with Crippen LogP contribution in [0, 0.1) is 55.4 Å². The fourth-order valence-electron chi connectivity index (χ4n) is 8.38. The minimum absolute atomic E-state index is 0.509. The lowest BCUT2D eigenvalue weighted by Gasteiger charge is -2.10. The Labute approximate surface area is 515 Å². The third kappa shape index (κ3) is 19.8. The summed E-state index contributed by atoms with van der Waals surface area (Å²) in [5, 5.41) is 22.7. The first-order valence-electron chi connectivity index (χ1n) is 28.7. The highest BCUT2D eigenvalue weighted by Crippen LogP contribution is 2.25. The molecule has 12 aromatic rings. The van der Waals surface area contributed by atoms with Crippen LogP contribution in [-0.2, 0) is 0 Å². The van der Waals surface area contributed by atoms with Crippen molar-refractivity contribution in [2.45, 2.75) is 55.4 Å². The summed E-state index contributed by atoms with van der Waals surface area (Å²) in [7, 11) is 0. The Balaban J connectivity index is 0.000000140. The summed E-state index contributed by atoms with van der Waals surface area (Å²) in [4.78, 5) is 34.9. The van der Waals surface area contributed by atoms with E-state index in [1.807, 2.05) is 159 Å². The molecule has 16 heteroatoms. The van der Waals surface area contributed by atoms with Gasteiger partial charge in [0.2, 0.25) is 29.7 Å². The molecule has 0 aliphatic carbocycles. The molecule has 4 heterocycles. The molecule has 0 aliphatic heterocycles. The Bertz CT molecular complexity index is 3880. The van der Waals surface area contributed by atoms with E-state index in [9.17, 15) is 0 Å². The molecule has 4 aromatic heterocycles. The average molecular weight is 1160 g/mol. The zero-order valence-electron chi connectivity index (χ0n) is 50.6. The molecule has 0 unspecified atom stereocenters. The van der Waals surface area contributed by atoms with Gasteiger partial charge in [0.25, 0.3) is 0 Å². The number of nitrogens with one attached hydrogen (secondary N) is 7. The SMILES string of the molecule is Cc1ccc(Nc2ccnc(Nc3cccc(C)c3)n2)cc1.Cc1ccc(Nc2ccnc(Nc3cccc(C)c3)n2)cc1.Cc1ccc(Nc2ccnc(Nc3ccccc3C)n2)cc1.Cc1ccc(Oc2ccnc(Nc3ccccc3C)n2)cc1. The number of para-hydroxylation sites is 2. The zero-order chi connectivity index (χ0) is 61.5. The lowest BCUT2D eigenvalue weighted by molar-refractivity contribution is 0.462. The van der Waals surface area contributed by atoms with Gasteiger partial charge in [0.05, 0.1) is 0 Å². The van der Waals surface area contributed by atoms with E-state index in [4.69, 9.17) is 4.74 Å². The lowest BCUT2D eigenvalue weighted by Crippen LogP contribution is -2.01. The number of anilines is 14. The van der Waals surface area contributed by atoms with Crippen LogP contribution in [0.1, 0.15) is 44.5 Å². The van der Waals surface area contributed by atoms with E-state index in [1.54, 1.807) is 30.9 Å². The number of nitrogens with zero attached hydrogens (tertiary/aromatic N) is 8. The molecule has 0 amide bonds. The van der Waals surface area contributed by atoms with Gasteiger partial charge in [0.15, 0.2) is 0 Å². The number of aromatic nitrogens is 8. The van der Waals surface area contributed by atoms with Crippen molar-refractivity contribution in [1.29, 1.82) is 0 Å². The predicted molar refractivity (Wildman–Crippen MR) is 361 cm³/mol. The third-order valence-corrected chi connectivity index (χ3v) is 13.1. The second-order valence-corrected chi connectivity index (χ2v) is 20.8. The van der Waals surface area contributed by atoms with Gasteiger partial charge in [-0.3, -0.25) is 0 Å². The van der Waals surface area contributed by atoms with E-state index in [0.717, 1.165) is 74.1 Å². The van der Waals surface area contributed by atoms with Crippen molar-refractivity contribution < 1.29 is 4.74 Å². The van der Waals surface area contributed by atoms with E-state index < -0.39 is 0 Å². The van der Waals surface area contributed by atoms with Crippen molar-refractivity contribution in [2.75, 3.05) is 37.2 Å². The van der Waals surface area contributed by atoms with Crippen LogP contribution in [0.25, 0.3) is 0 Å². The Morgan fingerprint density at radius 1 is 0.261 bits per heavy atom. The topological polar surface area (TPSA) is 197 Å². The van der Waals surface area contributed by atoms with Crippen LogP contribution in [0.3, 0.4) is 0 Å². The van der Waals surface area contributed by atoms with Crippen molar-refractivity contribution in [3.63, 3.8) is 0 Å². The van der Waals surface area contributed by atoms with E-state index in [0.29, 0.717) is 29.7 Å². The van der Waals surface area contributed by atoms with Gasteiger partial charge >= 0.3 is 0 Å². The molecule has 0 spiro atoms. The molecule has 440 valence electrons. The van der Waals surface area contributed by atoms with Crippen molar-refractivity contribution in [3.05, 3.63) is 288 Å². The Morgan fingerprint density at radius 2 is 0.602 bits per heavy atom. The van der Waals surface area contributed by atoms with Crippen LogP contribution < -0.4 is 42.0 Å². The lowest BCUT2D eigenvalue weighted by atomic mass is 10.2. The Morgan fingerprint density at radius 3 is 0.977 bits per heavy atom. The first kappa shape index (κ1) is 61.1. The molecule has 8 aromatic carbocycles. The summed E-state index contributed by atoms with van der Waals surface area (Å²) in [5.41, 5.74) is 16.5. The summed E-state index contributed by atoms with van der Waals surface area (Å²) in [6.45, 7) is 16.4. The van der Waals surface area contributed by atoms with Crippen LogP contribution in [0.15, 0.2) is 243 Å². The average Bonchev–Trinajstić information content (AvgIpc) is 3.71. The van der Waals surface area contributed by atoms with Crippen molar-refractivity contribution >= 4 is 81.1 Å². The fourth-order valence-corrected chi connectivity index (χ4v) is 8.38. The number of rotatable bonds is 16. The van der Waals surface area contributed by atoms with Crippen molar-refractivity contribution in [3.8, 4) is 11.6 Å². The number of aryl methyl sites for hydroxylation is 8. The van der Waals surface area contributed by atoms with Crippen LogP contribution in [0.4, 0.5) is 81.1 Å². The minimum Gasteiger partial charge on any atom is -0.439 e. The molecular weight excluding hydrogens is 1090 g/mol. The highest BCUT2D eigenvalue weighted by molar-refractivity contribution is 5.64. The molecule has 0 fully saturated rings. The van der Waals surface area contributed by atoms with Crippen LogP contribution in [0.5, 0.6) is 11.6 Å². The number of hydrogen-bond acceptors (Lipinski definition) is 16. The maximum absolute atomic E-state index is 5.75. The van der Waals surface area contributed by atoms with Crippen LogP contribution >= 0.6 is 0 Å². The second kappa shape index (κ2) is 30.9. The quantitative estimate of drug-likeness (QED) is 0.0482. The van der Waals surface area contributed by atoms with E-state index in [2.05, 4.69) is 185 Å². The maximum Gasteiger partial charge on any atom is 0.230 e. The molecule has 0 atom stereocenters. The number of ether oxygens (including phenoxy) is 1. The monoisotopic (exact) mass is 1160 g/mol. The van der Waals surface area contributed by atoms with Gasteiger partial charge in [-0.15, -0.1) is 0 Å². The summed E-state index contributed by atoms with van der Waals surface area (Å²) >= 11 is 0. The number of hydrogen-bond donors (Lipinski definition) is 7. The normalized spacial score (nSPS) is 10.3. The van der Waals surface area contributed by atoms with Crippen molar-refractivity contribution in [2.24, 2.45) is 0 Å². The predicted octanol–water partition coefficient (Wildman–Crippen LogP) is 18.4. The van der Waals surface area contributed by atoms with E-state index >= 15 is 0 Å². The zero-order valence-corrected chi connectivity index (χ0v) is 50.6.